The molecule has 9 heteroatoms. The molecule has 0 aromatic carbocycles. The van der Waals surface area contributed by atoms with Gasteiger partial charge in [-0.15, -0.1) is 0 Å². The van der Waals surface area contributed by atoms with Crippen LogP contribution in [0.25, 0.3) is 0 Å². The zero-order chi connectivity index (χ0) is 19.4. The number of pyridine rings is 1. The lowest BCUT2D eigenvalue weighted by molar-refractivity contribution is -0.174. The van der Waals surface area contributed by atoms with Gasteiger partial charge in [0.15, 0.2) is 0 Å². The fourth-order valence-electron chi connectivity index (χ4n) is 3.66. The Balaban J connectivity index is 1.60. The van der Waals surface area contributed by atoms with Crippen molar-refractivity contribution in [1.82, 2.24) is 19.7 Å². The van der Waals surface area contributed by atoms with E-state index in [-0.39, 0.29) is 6.61 Å². The van der Waals surface area contributed by atoms with E-state index in [4.69, 9.17) is 16.3 Å². The van der Waals surface area contributed by atoms with E-state index < -0.39 is 12.8 Å². The van der Waals surface area contributed by atoms with Gasteiger partial charge in [0.2, 0.25) is 0 Å². The van der Waals surface area contributed by atoms with Gasteiger partial charge < -0.3 is 14.5 Å². The summed E-state index contributed by atoms with van der Waals surface area (Å²) >= 11 is 6.00. The third kappa shape index (κ3) is 5.73. The van der Waals surface area contributed by atoms with Crippen LogP contribution in [0.5, 0.6) is 0 Å². The van der Waals surface area contributed by atoms with E-state index in [1.54, 1.807) is 6.07 Å². The highest BCUT2D eigenvalue weighted by molar-refractivity contribution is 6.29. The van der Waals surface area contributed by atoms with Crippen LogP contribution in [0.15, 0.2) is 29.6 Å². The first-order chi connectivity index (χ1) is 12.8. The lowest BCUT2D eigenvalue weighted by atomic mass is 10.1. The largest absolute Gasteiger partial charge is 0.411 e. The normalized spacial score (nSPS) is 18.9. The molecule has 0 bridgehead atoms. The Morgan fingerprint density at radius 1 is 1.26 bits per heavy atom. The molecule has 1 aromatic heterocycles. The third-order valence-electron chi connectivity index (χ3n) is 4.61. The Labute approximate surface area is 162 Å². The van der Waals surface area contributed by atoms with E-state index in [2.05, 4.69) is 26.6 Å². The first-order valence-corrected chi connectivity index (χ1v) is 9.37. The zero-order valence-corrected chi connectivity index (χ0v) is 16.1. The number of halogens is 4. The van der Waals surface area contributed by atoms with Crippen LogP contribution in [-0.2, 0) is 11.3 Å². The van der Waals surface area contributed by atoms with E-state index in [9.17, 15) is 13.2 Å². The lowest BCUT2D eigenvalue weighted by Gasteiger charge is -2.47. The first kappa shape index (κ1) is 20.2. The molecule has 1 fully saturated rings. The molecule has 150 valence electrons. The zero-order valence-electron chi connectivity index (χ0n) is 15.3. The van der Waals surface area contributed by atoms with Crippen molar-refractivity contribution in [2.45, 2.75) is 26.1 Å². The van der Waals surface area contributed by atoms with Crippen LogP contribution in [0.4, 0.5) is 13.2 Å². The molecule has 1 aromatic rings. The Bertz CT molecular complexity index is 683. The molecular formula is C18H24ClF3N4O. The summed E-state index contributed by atoms with van der Waals surface area (Å²) in [5.41, 5.74) is 2.13. The molecule has 3 rings (SSSR count). The van der Waals surface area contributed by atoms with Crippen LogP contribution in [0.3, 0.4) is 0 Å². The highest BCUT2D eigenvalue weighted by atomic mass is 35.5. The number of alkyl halides is 3. The molecule has 5 nitrogen and oxygen atoms in total. The van der Waals surface area contributed by atoms with Crippen molar-refractivity contribution in [3.8, 4) is 0 Å². The second kappa shape index (κ2) is 8.67. The molecule has 0 N–H and O–H groups in total. The second-order valence-electron chi connectivity index (χ2n) is 6.96. The molecule has 0 atom stereocenters. The number of nitrogens with zero attached hydrogens (tertiary/aromatic N) is 4. The van der Waals surface area contributed by atoms with Crippen molar-refractivity contribution in [1.29, 1.82) is 0 Å². The van der Waals surface area contributed by atoms with Gasteiger partial charge in [0.25, 0.3) is 0 Å². The van der Waals surface area contributed by atoms with Gasteiger partial charge in [-0.2, -0.15) is 13.2 Å². The minimum atomic E-state index is -4.27. The summed E-state index contributed by atoms with van der Waals surface area (Å²) in [7, 11) is 0. The monoisotopic (exact) mass is 404 g/mol. The molecule has 0 amide bonds. The number of fused-ring (bicyclic) bond motifs is 1. The van der Waals surface area contributed by atoms with Crippen LogP contribution < -0.4 is 0 Å². The summed E-state index contributed by atoms with van der Waals surface area (Å²) in [6.07, 6.45) is -3.25. The average Bonchev–Trinajstić information content (AvgIpc) is 2.58. The maximum Gasteiger partial charge on any atom is 0.411 e. The van der Waals surface area contributed by atoms with Gasteiger partial charge >= 0.3 is 6.18 Å². The molecule has 0 unspecified atom stereocenters. The highest BCUT2D eigenvalue weighted by Gasteiger charge is 2.31. The summed E-state index contributed by atoms with van der Waals surface area (Å²) < 4.78 is 41.3. The standard InChI is InChI=1S/C18H24ClF3N4O/c1-14-10-24(8-9-27-12-18(20,21)22)13-26-7-3-6-25(17(14)26)11-15-4-2-5-16(19)23-15/h2,4-5H,3,6-13H2,1H3. The molecule has 2 aliphatic heterocycles. The maximum atomic E-state index is 12.2. The molecule has 1 saturated heterocycles. The minimum absolute atomic E-state index is 0.0755. The molecule has 27 heavy (non-hydrogen) atoms. The molecule has 3 heterocycles. The van der Waals surface area contributed by atoms with Gasteiger partial charge in [-0.1, -0.05) is 17.7 Å². The quantitative estimate of drug-likeness (QED) is 0.536. The third-order valence-corrected chi connectivity index (χ3v) is 4.82. The molecule has 0 aliphatic carbocycles. The summed E-state index contributed by atoms with van der Waals surface area (Å²) in [5.74, 6) is 1.20. The van der Waals surface area contributed by atoms with Crippen molar-refractivity contribution in [2.24, 2.45) is 0 Å². The van der Waals surface area contributed by atoms with Crippen LogP contribution in [0.1, 0.15) is 19.0 Å². The average molecular weight is 405 g/mol. The minimum Gasteiger partial charge on any atom is -0.371 e. The van der Waals surface area contributed by atoms with E-state index in [0.717, 1.165) is 31.7 Å². The van der Waals surface area contributed by atoms with Crippen molar-refractivity contribution >= 4 is 11.6 Å². The van der Waals surface area contributed by atoms with Crippen molar-refractivity contribution in [3.63, 3.8) is 0 Å². The van der Waals surface area contributed by atoms with Crippen molar-refractivity contribution in [3.05, 3.63) is 40.4 Å². The Kier molecular flexibility index (Phi) is 6.49. The van der Waals surface area contributed by atoms with Crippen LogP contribution in [0.2, 0.25) is 5.15 Å². The van der Waals surface area contributed by atoms with E-state index >= 15 is 0 Å². The summed E-state index contributed by atoms with van der Waals surface area (Å²) in [6, 6.07) is 5.63. The van der Waals surface area contributed by atoms with Crippen molar-refractivity contribution < 1.29 is 17.9 Å². The Hall–Kier alpha value is -1.51. The number of ether oxygens (including phenoxy) is 1. The SMILES string of the molecule is CC1=C2N(Cc3cccc(Cl)n3)CCCN2CN(CCOCC(F)(F)F)C1. The fourth-order valence-corrected chi connectivity index (χ4v) is 3.84. The lowest BCUT2D eigenvalue weighted by Crippen LogP contribution is -2.52. The van der Waals surface area contributed by atoms with E-state index in [1.807, 2.05) is 12.1 Å². The number of hydrogen-bond acceptors (Lipinski definition) is 5. The van der Waals surface area contributed by atoms with Crippen LogP contribution in [-0.4, -0.2) is 71.9 Å². The van der Waals surface area contributed by atoms with Crippen molar-refractivity contribution in [2.75, 3.05) is 46.1 Å². The molecule has 2 aliphatic rings. The first-order valence-electron chi connectivity index (χ1n) is 9.00. The van der Waals surface area contributed by atoms with Gasteiger partial charge in [0, 0.05) is 26.2 Å². The predicted molar refractivity (Wildman–Crippen MR) is 97.0 cm³/mol. The van der Waals surface area contributed by atoms with Gasteiger partial charge in [-0.05, 0) is 31.1 Å². The van der Waals surface area contributed by atoms with Crippen LogP contribution >= 0.6 is 11.6 Å². The fraction of sp³-hybridized carbons (Fsp3) is 0.611. The molecule has 0 saturated carbocycles. The summed E-state index contributed by atoms with van der Waals surface area (Å²) in [4.78, 5) is 11.1. The molecule has 0 spiro atoms. The van der Waals surface area contributed by atoms with Gasteiger partial charge in [0.05, 0.1) is 25.5 Å². The number of hydrogen-bond donors (Lipinski definition) is 0. The smallest absolute Gasteiger partial charge is 0.371 e. The van der Waals surface area contributed by atoms with E-state index in [0.29, 0.717) is 24.9 Å². The molecular weight excluding hydrogens is 381 g/mol. The Morgan fingerprint density at radius 2 is 2.07 bits per heavy atom. The molecule has 0 radical (unpaired) electrons. The summed E-state index contributed by atoms with van der Waals surface area (Å²) in [6.45, 7) is 5.44. The predicted octanol–water partition coefficient (Wildman–Crippen LogP) is 3.33. The Morgan fingerprint density at radius 3 is 2.81 bits per heavy atom. The van der Waals surface area contributed by atoms with Gasteiger partial charge in [-0.25, -0.2) is 4.98 Å². The number of aromatic nitrogens is 1. The summed E-state index contributed by atoms with van der Waals surface area (Å²) in [5, 5.41) is 0.487. The number of rotatable bonds is 6. The van der Waals surface area contributed by atoms with Gasteiger partial charge in [-0.3, -0.25) is 4.90 Å². The highest BCUT2D eigenvalue weighted by Crippen LogP contribution is 2.27. The van der Waals surface area contributed by atoms with Crippen LogP contribution in [0, 0.1) is 0 Å². The maximum absolute atomic E-state index is 12.2. The van der Waals surface area contributed by atoms with E-state index in [1.165, 1.54) is 11.4 Å². The second-order valence-corrected chi connectivity index (χ2v) is 7.34. The van der Waals surface area contributed by atoms with Gasteiger partial charge in [0.1, 0.15) is 17.6 Å². The topological polar surface area (TPSA) is 31.8 Å².